The molecule has 0 aromatic carbocycles. The molecule has 0 fully saturated rings. The van der Waals surface area contributed by atoms with E-state index >= 15 is 0 Å². The lowest BCUT2D eigenvalue weighted by atomic mass is 10.3. The van der Waals surface area contributed by atoms with Crippen molar-refractivity contribution in [1.29, 1.82) is 0 Å². The summed E-state index contributed by atoms with van der Waals surface area (Å²) in [5.74, 6) is 0. The topological polar surface area (TPSA) is 64.5 Å². The SMILES string of the molecule is CC(O)CNCCCCNCC(C)O. The molecule has 4 nitrogen and oxygen atoms in total. The maximum absolute atomic E-state index is 8.95. The number of aliphatic hydroxyl groups is 2. The van der Waals surface area contributed by atoms with E-state index in [1.807, 2.05) is 0 Å². The molecule has 0 bridgehead atoms. The first kappa shape index (κ1) is 13.8. The van der Waals surface area contributed by atoms with Crippen LogP contribution in [0.25, 0.3) is 0 Å². The molecule has 0 saturated heterocycles. The van der Waals surface area contributed by atoms with Crippen LogP contribution in [0.1, 0.15) is 26.7 Å². The van der Waals surface area contributed by atoms with Gasteiger partial charge in [-0.05, 0) is 39.8 Å². The smallest absolute Gasteiger partial charge is 0.0636 e. The first-order valence-electron chi connectivity index (χ1n) is 5.40. The average molecular weight is 204 g/mol. The van der Waals surface area contributed by atoms with Crippen molar-refractivity contribution in [2.24, 2.45) is 0 Å². The van der Waals surface area contributed by atoms with E-state index < -0.39 is 0 Å². The highest BCUT2D eigenvalue weighted by Gasteiger charge is 1.95. The minimum absolute atomic E-state index is 0.261. The fraction of sp³-hybridized carbons (Fsp3) is 1.00. The minimum atomic E-state index is -0.261. The summed E-state index contributed by atoms with van der Waals surface area (Å²) in [4.78, 5) is 0. The van der Waals surface area contributed by atoms with Gasteiger partial charge in [0.15, 0.2) is 0 Å². The largest absolute Gasteiger partial charge is 0.392 e. The first-order valence-corrected chi connectivity index (χ1v) is 5.40. The Morgan fingerprint density at radius 3 is 1.50 bits per heavy atom. The van der Waals surface area contributed by atoms with Crippen molar-refractivity contribution < 1.29 is 10.2 Å². The molecule has 4 N–H and O–H groups in total. The van der Waals surface area contributed by atoms with Gasteiger partial charge in [-0.1, -0.05) is 0 Å². The van der Waals surface area contributed by atoms with E-state index in [0.717, 1.165) is 25.9 Å². The molecule has 0 radical (unpaired) electrons. The number of aliphatic hydroxyl groups excluding tert-OH is 2. The molecule has 0 heterocycles. The van der Waals surface area contributed by atoms with Crippen LogP contribution >= 0.6 is 0 Å². The van der Waals surface area contributed by atoms with Crippen LogP contribution in [0.15, 0.2) is 0 Å². The van der Waals surface area contributed by atoms with Gasteiger partial charge in [0.25, 0.3) is 0 Å². The number of unbranched alkanes of at least 4 members (excludes halogenated alkanes) is 1. The summed E-state index contributed by atoms with van der Waals surface area (Å²) in [5, 5.41) is 24.2. The van der Waals surface area contributed by atoms with Crippen LogP contribution in [0.4, 0.5) is 0 Å². The summed E-state index contributed by atoms with van der Waals surface area (Å²) in [7, 11) is 0. The van der Waals surface area contributed by atoms with Crippen LogP contribution in [0, 0.1) is 0 Å². The zero-order valence-corrected chi connectivity index (χ0v) is 9.29. The van der Waals surface area contributed by atoms with Crippen molar-refractivity contribution >= 4 is 0 Å². The Balaban J connectivity index is 2.92. The van der Waals surface area contributed by atoms with Crippen LogP contribution < -0.4 is 10.6 Å². The lowest BCUT2D eigenvalue weighted by Crippen LogP contribution is -2.27. The molecule has 14 heavy (non-hydrogen) atoms. The van der Waals surface area contributed by atoms with Gasteiger partial charge in [0.1, 0.15) is 0 Å². The van der Waals surface area contributed by atoms with Crippen molar-refractivity contribution in [3.63, 3.8) is 0 Å². The Bertz CT molecular complexity index is 105. The number of rotatable bonds is 9. The van der Waals surface area contributed by atoms with Gasteiger partial charge in [-0.3, -0.25) is 0 Å². The quantitative estimate of drug-likeness (QED) is 0.390. The maximum Gasteiger partial charge on any atom is 0.0636 e. The zero-order chi connectivity index (χ0) is 10.8. The number of nitrogens with one attached hydrogen (secondary N) is 2. The second-order valence-corrected chi connectivity index (χ2v) is 3.81. The van der Waals surface area contributed by atoms with E-state index in [1.54, 1.807) is 13.8 Å². The molecule has 0 aromatic rings. The Kier molecular flexibility index (Phi) is 9.29. The molecular formula is C10H24N2O2. The highest BCUT2D eigenvalue weighted by Crippen LogP contribution is 1.85. The summed E-state index contributed by atoms with van der Waals surface area (Å²) in [6, 6.07) is 0. The van der Waals surface area contributed by atoms with E-state index in [-0.39, 0.29) is 12.2 Å². The minimum Gasteiger partial charge on any atom is -0.392 e. The van der Waals surface area contributed by atoms with Crippen LogP contribution in [0.3, 0.4) is 0 Å². The maximum atomic E-state index is 8.95. The number of hydrogen-bond acceptors (Lipinski definition) is 4. The molecule has 0 aliphatic rings. The summed E-state index contributed by atoms with van der Waals surface area (Å²) >= 11 is 0. The summed E-state index contributed by atoms with van der Waals surface area (Å²) < 4.78 is 0. The van der Waals surface area contributed by atoms with E-state index in [4.69, 9.17) is 10.2 Å². The molecule has 0 amide bonds. The third-order valence-electron chi connectivity index (χ3n) is 1.84. The standard InChI is InChI=1S/C10H24N2O2/c1-9(13)7-11-5-3-4-6-12-8-10(2)14/h9-14H,3-8H2,1-2H3. The van der Waals surface area contributed by atoms with Gasteiger partial charge < -0.3 is 20.8 Å². The molecule has 2 atom stereocenters. The lowest BCUT2D eigenvalue weighted by Gasteiger charge is -2.08. The van der Waals surface area contributed by atoms with Crippen molar-refractivity contribution in [2.45, 2.75) is 38.9 Å². The lowest BCUT2D eigenvalue weighted by molar-refractivity contribution is 0.189. The van der Waals surface area contributed by atoms with Gasteiger partial charge >= 0.3 is 0 Å². The summed E-state index contributed by atoms with van der Waals surface area (Å²) in [6.45, 7) is 6.78. The van der Waals surface area contributed by atoms with Crippen LogP contribution in [0.2, 0.25) is 0 Å². The Morgan fingerprint density at radius 1 is 0.857 bits per heavy atom. The third kappa shape index (κ3) is 11.8. The molecule has 2 unspecified atom stereocenters. The molecule has 0 aliphatic carbocycles. The molecule has 4 heteroatoms. The molecule has 0 rings (SSSR count). The molecule has 0 spiro atoms. The second-order valence-electron chi connectivity index (χ2n) is 3.81. The first-order chi connectivity index (χ1) is 6.63. The normalized spacial score (nSPS) is 15.4. The van der Waals surface area contributed by atoms with E-state index in [9.17, 15) is 0 Å². The van der Waals surface area contributed by atoms with Gasteiger partial charge in [0.05, 0.1) is 12.2 Å². The Labute approximate surface area is 86.7 Å². The van der Waals surface area contributed by atoms with Gasteiger partial charge in [0.2, 0.25) is 0 Å². The molecule has 86 valence electrons. The average Bonchev–Trinajstić information content (AvgIpc) is 2.08. The summed E-state index contributed by atoms with van der Waals surface area (Å²) in [6.07, 6.45) is 1.67. The van der Waals surface area contributed by atoms with Crippen molar-refractivity contribution in [3.05, 3.63) is 0 Å². The predicted octanol–water partition coefficient (Wildman–Crippen LogP) is -0.293. The van der Waals surface area contributed by atoms with Gasteiger partial charge in [-0.25, -0.2) is 0 Å². The summed E-state index contributed by atoms with van der Waals surface area (Å²) in [5.41, 5.74) is 0. The molecule has 0 saturated carbocycles. The van der Waals surface area contributed by atoms with Crippen molar-refractivity contribution in [3.8, 4) is 0 Å². The Morgan fingerprint density at radius 2 is 1.21 bits per heavy atom. The molecular weight excluding hydrogens is 180 g/mol. The fourth-order valence-electron chi connectivity index (χ4n) is 1.12. The van der Waals surface area contributed by atoms with Gasteiger partial charge in [-0.2, -0.15) is 0 Å². The van der Waals surface area contributed by atoms with Crippen molar-refractivity contribution in [1.82, 2.24) is 10.6 Å². The monoisotopic (exact) mass is 204 g/mol. The Hall–Kier alpha value is -0.160. The highest BCUT2D eigenvalue weighted by molar-refractivity contribution is 4.56. The van der Waals surface area contributed by atoms with Crippen LogP contribution in [-0.2, 0) is 0 Å². The van der Waals surface area contributed by atoms with E-state index in [2.05, 4.69) is 10.6 Å². The second kappa shape index (κ2) is 9.40. The fourth-order valence-corrected chi connectivity index (χ4v) is 1.12. The predicted molar refractivity (Wildman–Crippen MR) is 58.3 cm³/mol. The van der Waals surface area contributed by atoms with E-state index in [1.165, 1.54) is 0 Å². The van der Waals surface area contributed by atoms with Crippen molar-refractivity contribution in [2.75, 3.05) is 26.2 Å². The van der Waals surface area contributed by atoms with E-state index in [0.29, 0.717) is 13.1 Å². The molecule has 0 aromatic heterocycles. The molecule has 0 aliphatic heterocycles. The number of hydrogen-bond donors (Lipinski definition) is 4. The van der Waals surface area contributed by atoms with Gasteiger partial charge in [-0.15, -0.1) is 0 Å². The zero-order valence-electron chi connectivity index (χ0n) is 9.29. The van der Waals surface area contributed by atoms with Gasteiger partial charge in [0, 0.05) is 13.1 Å². The van der Waals surface area contributed by atoms with Crippen LogP contribution in [-0.4, -0.2) is 48.6 Å². The van der Waals surface area contributed by atoms with Crippen LogP contribution in [0.5, 0.6) is 0 Å². The third-order valence-corrected chi connectivity index (χ3v) is 1.84. The highest BCUT2D eigenvalue weighted by atomic mass is 16.3.